The first-order valence-corrected chi connectivity index (χ1v) is 10.1. The van der Waals surface area contributed by atoms with E-state index in [0.717, 1.165) is 10.5 Å². The molecule has 2 aromatic carbocycles. The zero-order chi connectivity index (χ0) is 22.6. The fourth-order valence-electron chi connectivity index (χ4n) is 2.49. The number of rotatable bonds is 6. The van der Waals surface area contributed by atoms with Crippen molar-refractivity contribution in [2.45, 2.75) is 46.3 Å². The van der Waals surface area contributed by atoms with Gasteiger partial charge in [-0.3, -0.25) is 4.79 Å². The summed E-state index contributed by atoms with van der Waals surface area (Å²) in [5, 5.41) is 0. The van der Waals surface area contributed by atoms with Crippen LogP contribution in [0.1, 0.15) is 60.9 Å². The Morgan fingerprint density at radius 2 is 1.70 bits per heavy atom. The Bertz CT molecular complexity index is 974. The Morgan fingerprint density at radius 3 is 2.23 bits per heavy atom. The minimum atomic E-state index is -1.17. The van der Waals surface area contributed by atoms with Crippen LogP contribution in [0.2, 0.25) is 0 Å². The fraction of sp³-hybridized carbons (Fsp3) is 0.304. The van der Waals surface area contributed by atoms with Crippen LogP contribution in [0, 0.1) is 11.6 Å². The Hall–Kier alpha value is -2.54. The van der Waals surface area contributed by atoms with Gasteiger partial charge in [-0.15, -0.1) is 0 Å². The van der Waals surface area contributed by atoms with Crippen molar-refractivity contribution in [3.05, 3.63) is 69.2 Å². The predicted molar refractivity (Wildman–Crippen MR) is 115 cm³/mol. The Kier molecular flexibility index (Phi) is 7.53. The van der Waals surface area contributed by atoms with Crippen LogP contribution in [-0.2, 0) is 4.74 Å². The quantitative estimate of drug-likeness (QED) is 0.274. The van der Waals surface area contributed by atoms with E-state index in [1.54, 1.807) is 58.9 Å². The van der Waals surface area contributed by atoms with Crippen LogP contribution in [0.15, 0.2) is 40.9 Å². The topological polar surface area (TPSA) is 52.6 Å². The van der Waals surface area contributed by atoms with Gasteiger partial charge in [0, 0.05) is 15.6 Å². The molecule has 7 heteroatoms. The second kappa shape index (κ2) is 9.51. The van der Waals surface area contributed by atoms with Gasteiger partial charge in [-0.2, -0.15) is 0 Å². The van der Waals surface area contributed by atoms with Crippen LogP contribution < -0.4 is 4.74 Å². The van der Waals surface area contributed by atoms with Gasteiger partial charge in [0.1, 0.15) is 17.0 Å². The van der Waals surface area contributed by atoms with E-state index in [1.807, 2.05) is 0 Å². The molecule has 2 rings (SSSR count). The number of allylic oxidation sites excluding steroid dienone is 1. The molecular formula is C23H23BrF2O4. The molecule has 0 amide bonds. The van der Waals surface area contributed by atoms with E-state index in [4.69, 9.17) is 9.47 Å². The van der Waals surface area contributed by atoms with Crippen molar-refractivity contribution < 1.29 is 27.8 Å². The minimum Gasteiger partial charge on any atom is -0.487 e. The lowest BCUT2D eigenvalue weighted by Crippen LogP contribution is -2.25. The number of esters is 1. The summed E-state index contributed by atoms with van der Waals surface area (Å²) >= 11 is 3.29. The minimum absolute atomic E-state index is 0.00327. The normalized spacial score (nSPS) is 11.8. The van der Waals surface area contributed by atoms with Crippen LogP contribution in [0.3, 0.4) is 0 Å². The standard InChI is InChI=1S/C23H23BrF2O4/c1-13(2)29-21-15(8-11-18(27)14-6-9-16(24)10-7-14)12-17(25)19(20(21)26)22(28)30-23(3,4)5/h6-13H,1-5H3. The summed E-state index contributed by atoms with van der Waals surface area (Å²) in [7, 11) is 0. The molecule has 0 atom stereocenters. The molecule has 160 valence electrons. The number of carbonyl (C=O) groups is 2. The average Bonchev–Trinajstić information content (AvgIpc) is 2.61. The Morgan fingerprint density at radius 1 is 1.10 bits per heavy atom. The van der Waals surface area contributed by atoms with Crippen molar-refractivity contribution in [2.75, 3.05) is 0 Å². The summed E-state index contributed by atoms with van der Waals surface area (Å²) in [6, 6.07) is 7.61. The van der Waals surface area contributed by atoms with Gasteiger partial charge in [-0.25, -0.2) is 13.6 Å². The SMILES string of the molecule is CC(C)Oc1c(C=CC(=O)c2ccc(Br)cc2)cc(F)c(C(=O)OC(C)(C)C)c1F. The van der Waals surface area contributed by atoms with Gasteiger partial charge in [0.15, 0.2) is 17.3 Å². The number of ketones is 1. The van der Waals surface area contributed by atoms with Crippen LogP contribution in [-0.4, -0.2) is 23.5 Å². The van der Waals surface area contributed by atoms with E-state index < -0.39 is 34.9 Å². The molecule has 0 unspecified atom stereocenters. The van der Waals surface area contributed by atoms with E-state index in [9.17, 15) is 14.0 Å². The van der Waals surface area contributed by atoms with Crippen molar-refractivity contribution in [3.63, 3.8) is 0 Å². The number of benzene rings is 2. The summed E-state index contributed by atoms with van der Waals surface area (Å²) < 4.78 is 41.1. The first-order valence-electron chi connectivity index (χ1n) is 9.29. The number of ether oxygens (including phenoxy) is 2. The van der Waals surface area contributed by atoms with Crippen molar-refractivity contribution in [3.8, 4) is 5.75 Å². The molecule has 2 aromatic rings. The third kappa shape index (κ3) is 6.23. The molecule has 0 N–H and O–H groups in total. The molecule has 0 aromatic heterocycles. The maximum atomic E-state index is 15.1. The highest BCUT2D eigenvalue weighted by molar-refractivity contribution is 9.10. The van der Waals surface area contributed by atoms with Gasteiger partial charge >= 0.3 is 5.97 Å². The summed E-state index contributed by atoms with van der Waals surface area (Å²) in [5.41, 5.74) is -1.36. The zero-order valence-corrected chi connectivity index (χ0v) is 19.0. The zero-order valence-electron chi connectivity index (χ0n) is 17.4. The molecule has 0 radical (unpaired) electrons. The highest BCUT2D eigenvalue weighted by Crippen LogP contribution is 2.31. The molecular weight excluding hydrogens is 458 g/mol. The second-order valence-electron chi connectivity index (χ2n) is 7.84. The van der Waals surface area contributed by atoms with Crippen molar-refractivity contribution in [1.82, 2.24) is 0 Å². The average molecular weight is 481 g/mol. The number of hydrogen-bond donors (Lipinski definition) is 0. The first-order chi connectivity index (χ1) is 13.9. The highest BCUT2D eigenvalue weighted by Gasteiger charge is 2.28. The molecule has 0 spiro atoms. The monoisotopic (exact) mass is 480 g/mol. The molecule has 0 aliphatic heterocycles. The third-order valence-electron chi connectivity index (χ3n) is 3.70. The van der Waals surface area contributed by atoms with Crippen molar-refractivity contribution >= 4 is 33.8 Å². The molecule has 4 nitrogen and oxygen atoms in total. The van der Waals surface area contributed by atoms with Crippen LogP contribution >= 0.6 is 15.9 Å². The molecule has 0 heterocycles. The maximum absolute atomic E-state index is 15.1. The third-order valence-corrected chi connectivity index (χ3v) is 4.23. The van der Waals surface area contributed by atoms with Gasteiger partial charge in [0.2, 0.25) is 0 Å². The van der Waals surface area contributed by atoms with Crippen molar-refractivity contribution in [1.29, 1.82) is 0 Å². The Balaban J connectivity index is 2.47. The smallest absolute Gasteiger partial charge is 0.344 e. The van der Waals surface area contributed by atoms with Gasteiger partial charge in [0.25, 0.3) is 0 Å². The van der Waals surface area contributed by atoms with Crippen LogP contribution in [0.5, 0.6) is 5.75 Å². The molecule has 0 bridgehead atoms. The summed E-state index contributed by atoms with van der Waals surface area (Å²) in [6.07, 6.45) is 2.00. The molecule has 0 saturated carbocycles. The van der Waals surface area contributed by atoms with E-state index >= 15 is 4.39 Å². The van der Waals surface area contributed by atoms with E-state index in [2.05, 4.69) is 15.9 Å². The van der Waals surface area contributed by atoms with E-state index in [1.165, 1.54) is 12.2 Å². The maximum Gasteiger partial charge on any atom is 0.344 e. The number of halogens is 3. The largest absolute Gasteiger partial charge is 0.487 e. The number of carbonyl (C=O) groups excluding carboxylic acids is 2. The van der Waals surface area contributed by atoms with Crippen LogP contribution in [0.4, 0.5) is 8.78 Å². The first kappa shape index (κ1) is 23.7. The lowest BCUT2D eigenvalue weighted by molar-refractivity contribution is 0.00581. The summed E-state index contributed by atoms with van der Waals surface area (Å²) in [4.78, 5) is 24.7. The molecule has 0 aliphatic carbocycles. The number of hydrogen-bond acceptors (Lipinski definition) is 4. The molecule has 0 saturated heterocycles. The molecule has 0 aliphatic rings. The van der Waals surface area contributed by atoms with Crippen molar-refractivity contribution in [2.24, 2.45) is 0 Å². The van der Waals surface area contributed by atoms with E-state index in [-0.39, 0.29) is 17.1 Å². The second-order valence-corrected chi connectivity index (χ2v) is 8.75. The fourth-order valence-corrected chi connectivity index (χ4v) is 2.76. The van der Waals surface area contributed by atoms with Crippen LogP contribution in [0.25, 0.3) is 6.08 Å². The molecule has 0 fully saturated rings. The van der Waals surface area contributed by atoms with Gasteiger partial charge in [-0.1, -0.05) is 15.9 Å². The lowest BCUT2D eigenvalue weighted by atomic mass is 10.0. The highest BCUT2D eigenvalue weighted by atomic mass is 79.9. The van der Waals surface area contributed by atoms with E-state index in [0.29, 0.717) is 5.56 Å². The van der Waals surface area contributed by atoms with Gasteiger partial charge < -0.3 is 9.47 Å². The summed E-state index contributed by atoms with van der Waals surface area (Å²) in [6.45, 7) is 8.11. The Labute approximate surface area is 183 Å². The van der Waals surface area contributed by atoms with Gasteiger partial charge in [0.05, 0.1) is 6.10 Å². The summed E-state index contributed by atoms with van der Waals surface area (Å²) in [5.74, 6) is -4.09. The van der Waals surface area contributed by atoms with Gasteiger partial charge in [-0.05, 0) is 77.1 Å². The predicted octanol–water partition coefficient (Wildman–Crippen LogP) is 6.37. The lowest BCUT2D eigenvalue weighted by Gasteiger charge is -2.21. The molecule has 30 heavy (non-hydrogen) atoms.